The summed E-state index contributed by atoms with van der Waals surface area (Å²) in [5, 5.41) is 0. The third kappa shape index (κ3) is 2.89. The molecule has 0 N–H and O–H groups in total. The monoisotopic (exact) mass is 242 g/mol. The maximum atomic E-state index is 11.5. The molecule has 0 radical (unpaired) electrons. The van der Waals surface area contributed by atoms with Gasteiger partial charge in [0.1, 0.15) is 11.5 Å². The van der Waals surface area contributed by atoms with Crippen LogP contribution in [0.25, 0.3) is 0 Å². The van der Waals surface area contributed by atoms with E-state index in [1.165, 1.54) is 5.57 Å². The quantitative estimate of drug-likeness (QED) is 0.788. The molecule has 1 aromatic rings. The van der Waals surface area contributed by atoms with Gasteiger partial charge in [-0.3, -0.25) is 4.79 Å². The van der Waals surface area contributed by atoms with Crippen LogP contribution < -0.4 is 4.74 Å². The van der Waals surface area contributed by atoms with E-state index in [0.717, 1.165) is 17.7 Å². The molecule has 1 aliphatic rings. The Morgan fingerprint density at radius 1 is 1.44 bits per heavy atom. The van der Waals surface area contributed by atoms with Crippen LogP contribution in [0.3, 0.4) is 0 Å². The molecular weight excluding hydrogens is 224 g/mol. The molecule has 1 aromatic carbocycles. The van der Waals surface area contributed by atoms with E-state index in [1.807, 2.05) is 18.2 Å². The van der Waals surface area contributed by atoms with Gasteiger partial charge in [-0.25, -0.2) is 0 Å². The fraction of sp³-hybridized carbons (Fsp3) is 0.312. The van der Waals surface area contributed by atoms with Crippen molar-refractivity contribution in [2.75, 3.05) is 7.11 Å². The molecule has 1 unspecified atom stereocenters. The molecule has 0 saturated carbocycles. The van der Waals surface area contributed by atoms with Gasteiger partial charge in [0.2, 0.25) is 0 Å². The van der Waals surface area contributed by atoms with Gasteiger partial charge in [-0.1, -0.05) is 30.4 Å². The second-order valence-corrected chi connectivity index (χ2v) is 4.58. The zero-order valence-corrected chi connectivity index (χ0v) is 10.8. The third-order valence-corrected chi connectivity index (χ3v) is 3.19. The van der Waals surface area contributed by atoms with Crippen molar-refractivity contribution in [3.63, 3.8) is 0 Å². The third-order valence-electron chi connectivity index (χ3n) is 3.19. The van der Waals surface area contributed by atoms with Gasteiger partial charge < -0.3 is 4.74 Å². The van der Waals surface area contributed by atoms with E-state index in [0.29, 0.717) is 6.42 Å². The first-order chi connectivity index (χ1) is 8.70. The normalized spacial score (nSPS) is 15.3. The van der Waals surface area contributed by atoms with Crippen molar-refractivity contribution >= 4 is 5.78 Å². The van der Waals surface area contributed by atoms with E-state index < -0.39 is 0 Å². The smallest absolute Gasteiger partial charge is 0.130 e. The van der Waals surface area contributed by atoms with Crippen molar-refractivity contribution in [3.8, 4) is 5.75 Å². The number of carbonyl (C=O) groups excluding carboxylic acids is 1. The Kier molecular flexibility index (Phi) is 3.98. The summed E-state index contributed by atoms with van der Waals surface area (Å²) < 4.78 is 5.25. The van der Waals surface area contributed by atoms with Crippen LogP contribution in [0.15, 0.2) is 48.1 Å². The predicted octanol–water partition coefficient (Wildman–Crippen LogP) is 3.64. The first-order valence-corrected chi connectivity index (χ1v) is 6.20. The van der Waals surface area contributed by atoms with E-state index in [1.54, 1.807) is 14.0 Å². The second kappa shape index (κ2) is 5.67. The minimum atomic E-state index is 0.149. The summed E-state index contributed by atoms with van der Waals surface area (Å²) in [5.74, 6) is 1.20. The number of hydrogen-bond donors (Lipinski definition) is 0. The van der Waals surface area contributed by atoms with Crippen LogP contribution in [0.1, 0.15) is 31.2 Å². The van der Waals surface area contributed by atoms with Crippen molar-refractivity contribution in [1.82, 2.24) is 0 Å². The maximum Gasteiger partial charge on any atom is 0.130 e. The fourth-order valence-electron chi connectivity index (χ4n) is 2.31. The Balaban J connectivity index is 2.32. The van der Waals surface area contributed by atoms with E-state index in [4.69, 9.17) is 4.74 Å². The van der Waals surface area contributed by atoms with Crippen LogP contribution in [-0.2, 0) is 4.79 Å². The standard InChI is InChI=1S/C16H18O2/c1-12(17)10-16(13-6-3-4-7-13)14-8-5-9-15(11-14)18-2/h3,5-9,11,16H,4,10H2,1-2H3. The molecule has 1 atom stereocenters. The summed E-state index contributed by atoms with van der Waals surface area (Å²) in [4.78, 5) is 11.5. The second-order valence-electron chi connectivity index (χ2n) is 4.58. The highest BCUT2D eigenvalue weighted by atomic mass is 16.5. The molecule has 0 aliphatic heterocycles. The predicted molar refractivity (Wildman–Crippen MR) is 72.9 cm³/mol. The Morgan fingerprint density at radius 3 is 2.89 bits per heavy atom. The molecule has 2 heteroatoms. The lowest BCUT2D eigenvalue weighted by atomic mass is 9.87. The minimum Gasteiger partial charge on any atom is -0.497 e. The molecule has 0 spiro atoms. The first kappa shape index (κ1) is 12.6. The lowest BCUT2D eigenvalue weighted by molar-refractivity contribution is -0.117. The van der Waals surface area contributed by atoms with Crippen LogP contribution in [0.5, 0.6) is 5.75 Å². The van der Waals surface area contributed by atoms with Gasteiger partial charge in [-0.15, -0.1) is 0 Å². The van der Waals surface area contributed by atoms with E-state index in [2.05, 4.69) is 24.3 Å². The summed E-state index contributed by atoms with van der Waals surface area (Å²) >= 11 is 0. The van der Waals surface area contributed by atoms with Crippen LogP contribution in [0.4, 0.5) is 0 Å². The number of ketones is 1. The van der Waals surface area contributed by atoms with Crippen molar-refractivity contribution in [3.05, 3.63) is 53.6 Å². The van der Waals surface area contributed by atoms with Crippen molar-refractivity contribution in [2.45, 2.75) is 25.7 Å². The zero-order chi connectivity index (χ0) is 13.0. The molecule has 0 heterocycles. The summed E-state index contributed by atoms with van der Waals surface area (Å²) in [7, 11) is 1.66. The van der Waals surface area contributed by atoms with Crippen molar-refractivity contribution < 1.29 is 9.53 Å². The summed E-state index contributed by atoms with van der Waals surface area (Å²) in [6.07, 6.45) is 7.94. The number of allylic oxidation sites excluding steroid dienone is 4. The molecule has 0 bridgehead atoms. The van der Waals surface area contributed by atoms with Crippen molar-refractivity contribution in [1.29, 1.82) is 0 Å². The molecular formula is C16H18O2. The Hall–Kier alpha value is -1.83. The molecule has 2 nitrogen and oxygen atoms in total. The Morgan fingerprint density at radius 2 is 2.28 bits per heavy atom. The van der Waals surface area contributed by atoms with Gasteiger partial charge in [0.05, 0.1) is 7.11 Å². The van der Waals surface area contributed by atoms with E-state index in [9.17, 15) is 4.79 Å². The van der Waals surface area contributed by atoms with Gasteiger partial charge in [0.25, 0.3) is 0 Å². The first-order valence-electron chi connectivity index (χ1n) is 6.20. The number of ether oxygens (including phenoxy) is 1. The SMILES string of the molecule is COc1cccc(C(CC(C)=O)C2=CCC=C2)c1. The summed E-state index contributed by atoms with van der Waals surface area (Å²) in [6, 6.07) is 7.97. The largest absolute Gasteiger partial charge is 0.497 e. The average Bonchev–Trinajstić information content (AvgIpc) is 2.89. The molecule has 0 saturated heterocycles. The molecule has 0 amide bonds. The molecule has 0 fully saturated rings. The van der Waals surface area contributed by atoms with Gasteiger partial charge in [-0.2, -0.15) is 0 Å². The number of Topliss-reactive ketones (excluding diaryl/α,β-unsaturated/α-hetero) is 1. The number of hydrogen-bond acceptors (Lipinski definition) is 2. The number of methoxy groups -OCH3 is 1. The zero-order valence-electron chi connectivity index (χ0n) is 10.8. The number of rotatable bonds is 5. The van der Waals surface area contributed by atoms with Crippen LogP contribution in [0.2, 0.25) is 0 Å². The van der Waals surface area contributed by atoms with Crippen LogP contribution >= 0.6 is 0 Å². The van der Waals surface area contributed by atoms with E-state index >= 15 is 0 Å². The van der Waals surface area contributed by atoms with Gasteiger partial charge in [0, 0.05) is 12.3 Å². The minimum absolute atomic E-state index is 0.149. The van der Waals surface area contributed by atoms with Gasteiger partial charge in [-0.05, 0) is 36.6 Å². The average molecular weight is 242 g/mol. The molecule has 0 aromatic heterocycles. The summed E-state index contributed by atoms with van der Waals surface area (Å²) in [5.41, 5.74) is 2.38. The molecule has 2 rings (SSSR count). The topological polar surface area (TPSA) is 26.3 Å². The highest BCUT2D eigenvalue weighted by Crippen LogP contribution is 2.33. The van der Waals surface area contributed by atoms with Crippen molar-refractivity contribution in [2.24, 2.45) is 0 Å². The van der Waals surface area contributed by atoms with E-state index in [-0.39, 0.29) is 11.7 Å². The van der Waals surface area contributed by atoms with Crippen LogP contribution in [0, 0.1) is 0 Å². The molecule has 1 aliphatic carbocycles. The Bertz CT molecular complexity index is 498. The lowest BCUT2D eigenvalue weighted by Gasteiger charge is -2.17. The van der Waals surface area contributed by atoms with Gasteiger partial charge >= 0.3 is 0 Å². The maximum absolute atomic E-state index is 11.5. The van der Waals surface area contributed by atoms with Crippen LogP contribution in [-0.4, -0.2) is 12.9 Å². The Labute approximate surface area is 108 Å². The highest BCUT2D eigenvalue weighted by Gasteiger charge is 2.18. The number of carbonyl (C=O) groups is 1. The lowest BCUT2D eigenvalue weighted by Crippen LogP contribution is -2.06. The molecule has 94 valence electrons. The number of benzene rings is 1. The molecule has 18 heavy (non-hydrogen) atoms. The summed E-state index contributed by atoms with van der Waals surface area (Å²) in [6.45, 7) is 1.65. The highest BCUT2D eigenvalue weighted by molar-refractivity contribution is 5.77. The fourth-order valence-corrected chi connectivity index (χ4v) is 2.31. The van der Waals surface area contributed by atoms with Gasteiger partial charge in [0.15, 0.2) is 0 Å².